The number of fused-ring (bicyclic) bond motifs is 1. The van der Waals surface area contributed by atoms with E-state index in [0.717, 1.165) is 44.9 Å². The van der Waals surface area contributed by atoms with Crippen molar-refractivity contribution in [3.05, 3.63) is 90.1 Å². The van der Waals surface area contributed by atoms with Gasteiger partial charge in [0.1, 0.15) is 6.04 Å². The van der Waals surface area contributed by atoms with E-state index in [4.69, 9.17) is 0 Å². The van der Waals surface area contributed by atoms with Crippen molar-refractivity contribution in [2.75, 3.05) is 5.32 Å². The zero-order valence-corrected chi connectivity index (χ0v) is 23.4. The molecule has 0 aromatic heterocycles. The van der Waals surface area contributed by atoms with Gasteiger partial charge in [-0.1, -0.05) is 73.8 Å². The van der Waals surface area contributed by atoms with Gasteiger partial charge in [-0.05, 0) is 63.5 Å². The van der Waals surface area contributed by atoms with Gasteiger partial charge in [0.25, 0.3) is 5.91 Å². The molecule has 7 heteroatoms. The van der Waals surface area contributed by atoms with Crippen molar-refractivity contribution in [2.45, 2.75) is 83.7 Å². The van der Waals surface area contributed by atoms with Gasteiger partial charge in [-0.25, -0.2) is 0 Å². The maximum atomic E-state index is 12.9. The smallest absolute Gasteiger partial charge is 0.255 e. The minimum absolute atomic E-state index is 0.104. The molecule has 1 saturated heterocycles. The Morgan fingerprint density at radius 1 is 0.925 bits per heavy atom. The number of unbranched alkanes of at least 4 members (excludes halogenated alkanes) is 1. The summed E-state index contributed by atoms with van der Waals surface area (Å²) in [7, 11) is 0. The van der Waals surface area contributed by atoms with E-state index in [0.29, 0.717) is 29.7 Å². The highest BCUT2D eigenvalue weighted by molar-refractivity contribution is 6.06. The van der Waals surface area contributed by atoms with Crippen LogP contribution in [0.4, 0.5) is 5.69 Å². The van der Waals surface area contributed by atoms with Crippen LogP contribution in [-0.4, -0.2) is 34.6 Å². The second-order valence-corrected chi connectivity index (χ2v) is 9.88. The predicted molar refractivity (Wildman–Crippen MR) is 159 cm³/mol. The first-order chi connectivity index (χ1) is 19.5. The first-order valence-electron chi connectivity index (χ1n) is 14.3. The van der Waals surface area contributed by atoms with Gasteiger partial charge in [0.15, 0.2) is 0 Å². The Bertz CT molecular complexity index is 1190. The van der Waals surface area contributed by atoms with E-state index in [-0.39, 0.29) is 30.7 Å². The second-order valence-electron chi connectivity index (χ2n) is 9.88. The lowest BCUT2D eigenvalue weighted by Gasteiger charge is -2.29. The zero-order valence-electron chi connectivity index (χ0n) is 23.4. The van der Waals surface area contributed by atoms with Crippen molar-refractivity contribution in [1.29, 1.82) is 0 Å². The molecule has 0 spiro atoms. The lowest BCUT2D eigenvalue weighted by molar-refractivity contribution is -0.137. The average Bonchev–Trinajstić information content (AvgIpc) is 3.27. The SMILES string of the molecule is CC/C=C\C/C=C\C/C=C\C/C=C\C/C=C\CCCC(=O)Nc1cccc2c1CN(C1CCC(=O)NC1=O)C2=O. The maximum absolute atomic E-state index is 12.9. The number of carbonyl (C=O) groups is 4. The highest BCUT2D eigenvalue weighted by Gasteiger charge is 2.39. The van der Waals surface area contributed by atoms with Gasteiger partial charge >= 0.3 is 0 Å². The summed E-state index contributed by atoms with van der Waals surface area (Å²) in [6, 6.07) is 4.55. The number of anilines is 1. The third kappa shape index (κ3) is 9.63. The molecule has 4 amide bonds. The summed E-state index contributed by atoms with van der Waals surface area (Å²) in [5.41, 5.74) is 1.80. The first kappa shape index (κ1) is 30.5. The van der Waals surface area contributed by atoms with Gasteiger partial charge in [-0.2, -0.15) is 0 Å². The van der Waals surface area contributed by atoms with E-state index in [1.54, 1.807) is 18.2 Å². The molecule has 0 radical (unpaired) electrons. The quantitative estimate of drug-likeness (QED) is 0.154. The summed E-state index contributed by atoms with van der Waals surface area (Å²) in [6.45, 7) is 2.37. The molecule has 2 N–H and O–H groups in total. The normalized spacial score (nSPS) is 17.8. The number of hydrogen-bond acceptors (Lipinski definition) is 4. The molecule has 0 bridgehead atoms. The summed E-state index contributed by atoms with van der Waals surface area (Å²) in [5.74, 6) is -1.12. The third-order valence-corrected chi connectivity index (χ3v) is 6.79. The second kappa shape index (κ2) is 16.9. The van der Waals surface area contributed by atoms with Gasteiger partial charge in [0, 0.05) is 36.2 Å². The van der Waals surface area contributed by atoms with E-state index < -0.39 is 11.9 Å². The van der Waals surface area contributed by atoms with Crippen molar-refractivity contribution in [3.8, 4) is 0 Å². The van der Waals surface area contributed by atoms with Gasteiger partial charge in [0.2, 0.25) is 17.7 Å². The number of imide groups is 1. The zero-order chi connectivity index (χ0) is 28.6. The number of hydrogen-bond donors (Lipinski definition) is 2. The number of allylic oxidation sites excluding steroid dienone is 10. The van der Waals surface area contributed by atoms with Gasteiger partial charge < -0.3 is 10.2 Å². The van der Waals surface area contributed by atoms with Crippen LogP contribution in [-0.2, 0) is 20.9 Å². The third-order valence-electron chi connectivity index (χ3n) is 6.79. The molecule has 2 aliphatic rings. The number of rotatable bonds is 15. The molecule has 1 atom stereocenters. The van der Waals surface area contributed by atoms with Gasteiger partial charge in [-0.3, -0.25) is 24.5 Å². The van der Waals surface area contributed by atoms with Crippen LogP contribution < -0.4 is 10.6 Å². The number of amides is 4. The molecule has 1 aromatic carbocycles. The number of piperidine rings is 1. The Labute approximate surface area is 237 Å². The molecule has 3 rings (SSSR count). The van der Waals surface area contributed by atoms with Crippen LogP contribution in [0.2, 0.25) is 0 Å². The predicted octanol–water partition coefficient (Wildman–Crippen LogP) is 6.31. The summed E-state index contributed by atoms with van der Waals surface area (Å²) in [5, 5.41) is 5.25. The van der Waals surface area contributed by atoms with E-state index in [2.05, 4.69) is 78.3 Å². The standard InChI is InChI=1S/C33H41N3O4/c1-2-3-4-5-6-7-8-9-10-11-12-13-14-15-16-17-18-22-30(37)34-28-21-19-20-26-27(28)25-36(33(26)40)29-23-24-31(38)35-32(29)39/h3-4,6-7,9-10,12-13,15-16,19-21,29H,2,5,8,11,14,17-18,22-25H2,1H3,(H,34,37)(H,35,38,39)/b4-3-,7-6-,10-9-,13-12-,16-15-. The number of benzene rings is 1. The van der Waals surface area contributed by atoms with E-state index >= 15 is 0 Å². The molecule has 0 saturated carbocycles. The fraction of sp³-hybridized carbons (Fsp3) is 0.394. The monoisotopic (exact) mass is 543 g/mol. The Hall–Kier alpha value is -4.00. The van der Waals surface area contributed by atoms with Crippen molar-refractivity contribution in [2.24, 2.45) is 0 Å². The molecule has 1 aromatic rings. The maximum Gasteiger partial charge on any atom is 0.255 e. The van der Waals surface area contributed by atoms with Crippen molar-refractivity contribution in [3.63, 3.8) is 0 Å². The van der Waals surface area contributed by atoms with Gasteiger partial charge in [-0.15, -0.1) is 0 Å². The van der Waals surface area contributed by atoms with Crippen LogP contribution in [0, 0.1) is 0 Å². The molecule has 212 valence electrons. The Kier molecular flexibility index (Phi) is 12.9. The molecular formula is C33H41N3O4. The van der Waals surface area contributed by atoms with Crippen LogP contribution in [0.3, 0.4) is 0 Å². The molecule has 1 fully saturated rings. The highest BCUT2D eigenvalue weighted by Crippen LogP contribution is 2.32. The van der Waals surface area contributed by atoms with Crippen LogP contribution in [0.15, 0.2) is 79.0 Å². The van der Waals surface area contributed by atoms with Crippen molar-refractivity contribution < 1.29 is 19.2 Å². The van der Waals surface area contributed by atoms with Crippen LogP contribution in [0.5, 0.6) is 0 Å². The summed E-state index contributed by atoms with van der Waals surface area (Å²) in [4.78, 5) is 50.7. The lowest BCUT2D eigenvalue weighted by atomic mass is 10.0. The fourth-order valence-corrected chi connectivity index (χ4v) is 4.66. The van der Waals surface area contributed by atoms with Crippen molar-refractivity contribution in [1.82, 2.24) is 10.2 Å². The summed E-state index contributed by atoms with van der Waals surface area (Å²) < 4.78 is 0. The molecule has 0 aliphatic carbocycles. The minimum Gasteiger partial charge on any atom is -0.326 e. The fourth-order valence-electron chi connectivity index (χ4n) is 4.66. The van der Waals surface area contributed by atoms with Crippen LogP contribution in [0.25, 0.3) is 0 Å². The number of nitrogens with one attached hydrogen (secondary N) is 2. The molecule has 2 aliphatic heterocycles. The van der Waals surface area contributed by atoms with E-state index in [1.165, 1.54) is 4.90 Å². The molecule has 2 heterocycles. The molecule has 1 unspecified atom stereocenters. The van der Waals surface area contributed by atoms with E-state index in [1.807, 2.05) is 0 Å². The lowest BCUT2D eigenvalue weighted by Crippen LogP contribution is -2.52. The van der Waals surface area contributed by atoms with Crippen molar-refractivity contribution >= 4 is 29.3 Å². The summed E-state index contributed by atoms with van der Waals surface area (Å²) >= 11 is 0. The highest BCUT2D eigenvalue weighted by atomic mass is 16.2. The topological polar surface area (TPSA) is 95.6 Å². The van der Waals surface area contributed by atoms with Gasteiger partial charge in [0.05, 0.1) is 0 Å². The van der Waals surface area contributed by atoms with E-state index in [9.17, 15) is 19.2 Å². The molecule has 40 heavy (non-hydrogen) atoms. The Morgan fingerprint density at radius 2 is 1.55 bits per heavy atom. The molecule has 7 nitrogen and oxygen atoms in total. The summed E-state index contributed by atoms with van der Waals surface area (Å²) in [6.07, 6.45) is 28.9. The largest absolute Gasteiger partial charge is 0.326 e. The Balaban J connectivity index is 1.32. The number of nitrogens with zero attached hydrogens (tertiary/aromatic N) is 1. The van der Waals surface area contributed by atoms with Crippen LogP contribution >= 0.6 is 0 Å². The number of carbonyl (C=O) groups excluding carboxylic acids is 4. The minimum atomic E-state index is -0.676. The Morgan fingerprint density at radius 3 is 2.17 bits per heavy atom. The first-order valence-corrected chi connectivity index (χ1v) is 14.3. The molecular weight excluding hydrogens is 502 g/mol. The average molecular weight is 544 g/mol. The van der Waals surface area contributed by atoms with Crippen LogP contribution in [0.1, 0.15) is 87.1 Å².